The number of nitrogens with zero attached hydrogens (tertiary/aromatic N) is 2. The van der Waals surface area contributed by atoms with Crippen LogP contribution in [0.1, 0.15) is 43.7 Å². The van der Waals surface area contributed by atoms with Crippen molar-refractivity contribution in [1.82, 2.24) is 9.21 Å². The van der Waals surface area contributed by atoms with Gasteiger partial charge in [-0.2, -0.15) is 4.31 Å². The van der Waals surface area contributed by atoms with Crippen LogP contribution in [0, 0.1) is 17.8 Å². The lowest BCUT2D eigenvalue weighted by atomic mass is 9.85. The first-order valence-corrected chi connectivity index (χ1v) is 11.9. The van der Waals surface area contributed by atoms with Gasteiger partial charge < -0.3 is 9.64 Å². The second-order valence-corrected chi connectivity index (χ2v) is 11.1. The Balaban J connectivity index is 1.41. The third-order valence-corrected chi connectivity index (χ3v) is 9.51. The number of likely N-dealkylation sites (tertiary alicyclic amines) is 1. The SMILES string of the molecule is COc1ccc([C@H]2[C@H]3CN(CC4CCC4)C[C@H]3CN2S(=O)(=O)C2CC2)cc1. The summed E-state index contributed by atoms with van der Waals surface area (Å²) in [4.78, 5) is 2.61. The molecule has 0 bridgehead atoms. The van der Waals surface area contributed by atoms with E-state index in [1.807, 2.05) is 16.4 Å². The number of fused-ring (bicyclic) bond motifs is 1. The monoisotopic (exact) mass is 390 g/mol. The Hall–Kier alpha value is -1.11. The molecule has 4 fully saturated rings. The third-order valence-electron chi connectivity index (χ3n) is 7.17. The zero-order valence-corrected chi connectivity index (χ0v) is 16.9. The van der Waals surface area contributed by atoms with E-state index in [1.54, 1.807) is 7.11 Å². The highest BCUT2D eigenvalue weighted by Crippen LogP contribution is 2.49. The smallest absolute Gasteiger partial charge is 0.217 e. The van der Waals surface area contributed by atoms with Gasteiger partial charge in [-0.05, 0) is 61.1 Å². The summed E-state index contributed by atoms with van der Waals surface area (Å²) in [6.07, 6.45) is 5.79. The van der Waals surface area contributed by atoms with E-state index in [2.05, 4.69) is 17.0 Å². The number of sulfonamides is 1. The molecule has 148 valence electrons. The molecule has 0 unspecified atom stereocenters. The van der Waals surface area contributed by atoms with Crippen molar-refractivity contribution in [3.8, 4) is 5.75 Å². The van der Waals surface area contributed by atoms with Crippen molar-refractivity contribution < 1.29 is 13.2 Å². The molecule has 27 heavy (non-hydrogen) atoms. The van der Waals surface area contributed by atoms with E-state index in [0.29, 0.717) is 18.4 Å². The van der Waals surface area contributed by atoms with Gasteiger partial charge in [0, 0.05) is 26.2 Å². The second kappa shape index (κ2) is 6.75. The fourth-order valence-electron chi connectivity index (χ4n) is 5.32. The van der Waals surface area contributed by atoms with Crippen molar-refractivity contribution in [1.29, 1.82) is 0 Å². The Morgan fingerprint density at radius 1 is 1.04 bits per heavy atom. The van der Waals surface area contributed by atoms with Crippen molar-refractivity contribution in [2.45, 2.75) is 43.4 Å². The van der Waals surface area contributed by atoms with Crippen LogP contribution in [-0.4, -0.2) is 56.2 Å². The molecule has 1 aromatic carbocycles. The molecular weight excluding hydrogens is 360 g/mol. The standard InChI is InChI=1S/C21H30N2O3S/c1-26-18-7-5-16(6-8-18)21-20-14-22(11-15-3-2-4-15)12-17(20)13-23(21)27(24,25)19-9-10-19/h5-8,15,17,19-21H,2-4,9-14H2,1H3/t17-,20-,21-/m0/s1. The van der Waals surface area contributed by atoms with E-state index >= 15 is 0 Å². The highest BCUT2D eigenvalue weighted by atomic mass is 32.2. The highest BCUT2D eigenvalue weighted by Gasteiger charge is 2.54. The second-order valence-electron chi connectivity index (χ2n) is 8.97. The summed E-state index contributed by atoms with van der Waals surface area (Å²) in [5, 5.41) is -0.136. The molecule has 0 amide bonds. The lowest BCUT2D eigenvalue weighted by molar-refractivity contribution is 0.185. The largest absolute Gasteiger partial charge is 0.497 e. The molecule has 3 atom stereocenters. The van der Waals surface area contributed by atoms with E-state index in [9.17, 15) is 8.42 Å². The third kappa shape index (κ3) is 3.19. The van der Waals surface area contributed by atoms with Crippen LogP contribution in [0.4, 0.5) is 0 Å². The van der Waals surface area contributed by atoms with E-state index in [4.69, 9.17) is 4.74 Å². The van der Waals surface area contributed by atoms with Crippen molar-refractivity contribution in [2.24, 2.45) is 17.8 Å². The minimum Gasteiger partial charge on any atom is -0.497 e. The molecule has 2 aliphatic heterocycles. The van der Waals surface area contributed by atoms with Crippen LogP contribution >= 0.6 is 0 Å². The maximum atomic E-state index is 13.1. The quantitative estimate of drug-likeness (QED) is 0.749. The molecule has 6 heteroatoms. The van der Waals surface area contributed by atoms with E-state index in [0.717, 1.165) is 43.2 Å². The normalized spacial score (nSPS) is 32.4. The first-order valence-electron chi connectivity index (χ1n) is 10.4. The molecule has 0 radical (unpaired) electrons. The minimum absolute atomic E-state index is 0.0158. The number of benzene rings is 1. The van der Waals surface area contributed by atoms with Crippen molar-refractivity contribution in [3.05, 3.63) is 29.8 Å². The highest BCUT2D eigenvalue weighted by molar-refractivity contribution is 7.90. The van der Waals surface area contributed by atoms with Crippen LogP contribution in [-0.2, 0) is 10.0 Å². The average molecular weight is 391 g/mol. The zero-order valence-electron chi connectivity index (χ0n) is 16.1. The van der Waals surface area contributed by atoms with E-state index in [1.165, 1.54) is 25.8 Å². The lowest BCUT2D eigenvalue weighted by Crippen LogP contribution is -2.38. The lowest BCUT2D eigenvalue weighted by Gasteiger charge is -2.32. The summed E-state index contributed by atoms with van der Waals surface area (Å²) in [7, 11) is -1.50. The Labute approximate surface area is 162 Å². The molecule has 2 saturated heterocycles. The summed E-state index contributed by atoms with van der Waals surface area (Å²) in [5.74, 6) is 2.56. The Morgan fingerprint density at radius 3 is 2.37 bits per heavy atom. The first-order chi connectivity index (χ1) is 13.1. The van der Waals surface area contributed by atoms with Gasteiger partial charge in [0.1, 0.15) is 5.75 Å². The van der Waals surface area contributed by atoms with Gasteiger partial charge >= 0.3 is 0 Å². The molecule has 4 aliphatic rings. The van der Waals surface area contributed by atoms with Gasteiger partial charge in [0.05, 0.1) is 18.4 Å². The predicted molar refractivity (Wildman–Crippen MR) is 105 cm³/mol. The molecular formula is C21H30N2O3S. The van der Waals surface area contributed by atoms with Gasteiger partial charge in [0.25, 0.3) is 0 Å². The van der Waals surface area contributed by atoms with Gasteiger partial charge in [-0.25, -0.2) is 8.42 Å². The Morgan fingerprint density at radius 2 is 1.78 bits per heavy atom. The van der Waals surface area contributed by atoms with Gasteiger partial charge in [-0.1, -0.05) is 18.6 Å². The summed E-state index contributed by atoms with van der Waals surface area (Å²) in [6.45, 7) is 4.00. The predicted octanol–water partition coefficient (Wildman–Crippen LogP) is 2.89. The first kappa shape index (κ1) is 18.0. The number of hydrogen-bond donors (Lipinski definition) is 0. The summed E-state index contributed by atoms with van der Waals surface area (Å²) in [5.41, 5.74) is 1.12. The molecule has 2 aliphatic carbocycles. The van der Waals surface area contributed by atoms with Gasteiger partial charge in [0.2, 0.25) is 10.0 Å². The van der Waals surface area contributed by atoms with Crippen molar-refractivity contribution in [3.63, 3.8) is 0 Å². The van der Waals surface area contributed by atoms with Crippen LogP contribution in [0.25, 0.3) is 0 Å². The molecule has 5 nitrogen and oxygen atoms in total. The van der Waals surface area contributed by atoms with Crippen LogP contribution in [0.15, 0.2) is 24.3 Å². The van der Waals surface area contributed by atoms with Crippen molar-refractivity contribution >= 4 is 10.0 Å². The molecule has 2 heterocycles. The maximum absolute atomic E-state index is 13.1. The van der Waals surface area contributed by atoms with Gasteiger partial charge in [-0.15, -0.1) is 0 Å². The number of rotatable bonds is 6. The summed E-state index contributed by atoms with van der Waals surface area (Å²) in [6, 6.07) is 8.04. The molecule has 1 aromatic rings. The van der Waals surface area contributed by atoms with Crippen LogP contribution in [0.2, 0.25) is 0 Å². The molecule has 5 rings (SSSR count). The van der Waals surface area contributed by atoms with Crippen molar-refractivity contribution in [2.75, 3.05) is 33.3 Å². The number of methoxy groups -OCH3 is 1. The Bertz CT molecular complexity index is 786. The topological polar surface area (TPSA) is 49.9 Å². The molecule has 0 aromatic heterocycles. The fraction of sp³-hybridized carbons (Fsp3) is 0.714. The van der Waals surface area contributed by atoms with Gasteiger partial charge in [0.15, 0.2) is 0 Å². The summed E-state index contributed by atoms with van der Waals surface area (Å²) < 4.78 is 33.4. The van der Waals surface area contributed by atoms with Crippen LogP contribution in [0.5, 0.6) is 5.75 Å². The maximum Gasteiger partial charge on any atom is 0.217 e. The summed E-state index contributed by atoms with van der Waals surface area (Å²) >= 11 is 0. The Kier molecular flexibility index (Phi) is 4.49. The number of ether oxygens (including phenoxy) is 1. The fourth-order valence-corrected chi connectivity index (χ4v) is 7.43. The molecule has 2 saturated carbocycles. The van der Waals surface area contributed by atoms with Gasteiger partial charge in [-0.3, -0.25) is 0 Å². The molecule has 0 N–H and O–H groups in total. The molecule has 0 spiro atoms. The average Bonchev–Trinajstić information content (AvgIpc) is 3.33. The van der Waals surface area contributed by atoms with Crippen LogP contribution < -0.4 is 4.74 Å². The van der Waals surface area contributed by atoms with Crippen LogP contribution in [0.3, 0.4) is 0 Å². The van der Waals surface area contributed by atoms with E-state index < -0.39 is 10.0 Å². The zero-order chi connectivity index (χ0) is 18.6. The number of hydrogen-bond acceptors (Lipinski definition) is 4. The van der Waals surface area contributed by atoms with E-state index in [-0.39, 0.29) is 11.3 Å². The minimum atomic E-state index is -3.17.